The Morgan fingerprint density at radius 2 is 1.85 bits per heavy atom. The lowest BCUT2D eigenvalue weighted by atomic mass is 10.2. The molecule has 1 N–H and O–H groups in total. The maximum atomic E-state index is 11.2. The molecule has 0 unspecified atom stereocenters. The Balaban J connectivity index is 2.05. The topological polar surface area (TPSA) is 68.0 Å². The highest BCUT2D eigenvalue weighted by Gasteiger charge is 2.11. The maximum Gasteiger partial charge on any atom is 0.337 e. The quantitative estimate of drug-likeness (QED) is 0.790. The van der Waals surface area contributed by atoms with Crippen LogP contribution in [0.5, 0.6) is 0 Å². The van der Waals surface area contributed by atoms with Crippen LogP contribution in [-0.2, 0) is 0 Å². The van der Waals surface area contributed by atoms with E-state index in [9.17, 15) is 9.90 Å². The molecule has 98 valence electrons. The number of pyridine rings is 1. The highest BCUT2D eigenvalue weighted by Crippen LogP contribution is 2.20. The molecule has 0 saturated heterocycles. The number of carbonyl (C=O) groups is 1. The standard InChI is InChI=1S/C15H11N3O2/c19-15(20)12-3-1-2-4-14(12)18-9-13(17-10-18)11-5-7-16-8-6-11/h1-10H,(H,19,20). The average molecular weight is 265 g/mol. The highest BCUT2D eigenvalue weighted by molar-refractivity contribution is 5.91. The van der Waals surface area contributed by atoms with Gasteiger partial charge in [0.25, 0.3) is 0 Å². The molecule has 3 aromatic rings. The fourth-order valence-electron chi connectivity index (χ4n) is 2.01. The molecule has 2 aromatic heterocycles. The first-order valence-corrected chi connectivity index (χ1v) is 6.03. The maximum absolute atomic E-state index is 11.2. The number of aromatic nitrogens is 3. The summed E-state index contributed by atoms with van der Waals surface area (Å²) in [4.78, 5) is 19.5. The van der Waals surface area contributed by atoms with Crippen molar-refractivity contribution in [3.8, 4) is 16.9 Å². The Bertz CT molecular complexity index is 751. The van der Waals surface area contributed by atoms with E-state index in [1.165, 1.54) is 0 Å². The van der Waals surface area contributed by atoms with E-state index in [-0.39, 0.29) is 5.56 Å². The summed E-state index contributed by atoms with van der Waals surface area (Å²) in [5.41, 5.74) is 2.54. The van der Waals surface area contributed by atoms with Gasteiger partial charge < -0.3 is 9.67 Å². The zero-order chi connectivity index (χ0) is 13.9. The molecule has 5 nitrogen and oxygen atoms in total. The van der Waals surface area contributed by atoms with Gasteiger partial charge in [-0.1, -0.05) is 12.1 Å². The third-order valence-electron chi connectivity index (χ3n) is 2.97. The van der Waals surface area contributed by atoms with Gasteiger partial charge in [0, 0.05) is 24.2 Å². The van der Waals surface area contributed by atoms with Crippen molar-refractivity contribution in [1.82, 2.24) is 14.5 Å². The molecule has 0 aliphatic carbocycles. The molecule has 0 bridgehead atoms. The van der Waals surface area contributed by atoms with Gasteiger partial charge in [-0.3, -0.25) is 4.98 Å². The van der Waals surface area contributed by atoms with E-state index in [0.29, 0.717) is 5.69 Å². The van der Waals surface area contributed by atoms with Crippen molar-refractivity contribution in [2.75, 3.05) is 0 Å². The van der Waals surface area contributed by atoms with Crippen molar-refractivity contribution < 1.29 is 9.90 Å². The lowest BCUT2D eigenvalue weighted by Crippen LogP contribution is -2.03. The largest absolute Gasteiger partial charge is 0.478 e. The molecular weight excluding hydrogens is 254 g/mol. The van der Waals surface area contributed by atoms with Crippen molar-refractivity contribution >= 4 is 5.97 Å². The number of imidazole rings is 1. The number of nitrogens with zero attached hydrogens (tertiary/aromatic N) is 3. The van der Waals surface area contributed by atoms with E-state index in [1.807, 2.05) is 12.1 Å². The van der Waals surface area contributed by atoms with Crippen LogP contribution < -0.4 is 0 Å². The fourth-order valence-corrected chi connectivity index (χ4v) is 2.01. The molecule has 0 radical (unpaired) electrons. The number of rotatable bonds is 3. The number of hydrogen-bond acceptors (Lipinski definition) is 3. The number of hydrogen-bond donors (Lipinski definition) is 1. The Morgan fingerprint density at radius 3 is 2.60 bits per heavy atom. The number of benzene rings is 1. The summed E-state index contributed by atoms with van der Waals surface area (Å²) in [6, 6.07) is 10.5. The van der Waals surface area contributed by atoms with Crippen LogP contribution in [0.4, 0.5) is 0 Å². The van der Waals surface area contributed by atoms with E-state index in [4.69, 9.17) is 0 Å². The third-order valence-corrected chi connectivity index (χ3v) is 2.97. The van der Waals surface area contributed by atoms with Crippen molar-refractivity contribution in [2.45, 2.75) is 0 Å². The first kappa shape index (κ1) is 12.1. The Hall–Kier alpha value is -2.95. The number of para-hydroxylation sites is 1. The summed E-state index contributed by atoms with van der Waals surface area (Å²) in [7, 11) is 0. The van der Waals surface area contributed by atoms with Crippen LogP contribution in [0.1, 0.15) is 10.4 Å². The normalized spacial score (nSPS) is 10.4. The van der Waals surface area contributed by atoms with Crippen LogP contribution in [0, 0.1) is 0 Å². The van der Waals surface area contributed by atoms with Gasteiger partial charge in [-0.15, -0.1) is 0 Å². The SMILES string of the molecule is O=C(O)c1ccccc1-n1cnc(-c2ccncc2)c1. The van der Waals surface area contributed by atoms with Gasteiger partial charge in [0.15, 0.2) is 0 Å². The fraction of sp³-hybridized carbons (Fsp3) is 0. The van der Waals surface area contributed by atoms with Gasteiger partial charge in [0.1, 0.15) is 0 Å². The Morgan fingerprint density at radius 1 is 1.10 bits per heavy atom. The third kappa shape index (κ3) is 2.16. The van der Waals surface area contributed by atoms with E-state index < -0.39 is 5.97 Å². The first-order chi connectivity index (χ1) is 9.75. The molecule has 3 rings (SSSR count). The van der Waals surface area contributed by atoms with Crippen LogP contribution in [0.2, 0.25) is 0 Å². The molecule has 0 aliphatic heterocycles. The van der Waals surface area contributed by atoms with Crippen LogP contribution in [0.3, 0.4) is 0 Å². The highest BCUT2D eigenvalue weighted by atomic mass is 16.4. The van der Waals surface area contributed by atoms with Gasteiger partial charge in [-0.25, -0.2) is 9.78 Å². The Kier molecular flexibility index (Phi) is 3.01. The monoisotopic (exact) mass is 265 g/mol. The van der Waals surface area contributed by atoms with Crippen LogP contribution >= 0.6 is 0 Å². The van der Waals surface area contributed by atoms with Crippen molar-refractivity contribution in [1.29, 1.82) is 0 Å². The molecule has 2 heterocycles. The van der Waals surface area contributed by atoms with Crippen molar-refractivity contribution in [3.05, 3.63) is 66.9 Å². The lowest BCUT2D eigenvalue weighted by molar-refractivity contribution is 0.0697. The van der Waals surface area contributed by atoms with Crippen molar-refractivity contribution in [3.63, 3.8) is 0 Å². The van der Waals surface area contributed by atoms with E-state index in [0.717, 1.165) is 11.3 Å². The molecule has 0 amide bonds. The molecule has 0 atom stereocenters. The van der Waals surface area contributed by atoms with E-state index in [1.54, 1.807) is 53.8 Å². The Labute approximate surface area is 115 Å². The lowest BCUT2D eigenvalue weighted by Gasteiger charge is -2.05. The summed E-state index contributed by atoms with van der Waals surface area (Å²) in [6.45, 7) is 0. The van der Waals surface area contributed by atoms with Gasteiger partial charge in [-0.05, 0) is 24.3 Å². The predicted octanol–water partition coefficient (Wildman–Crippen LogP) is 2.63. The summed E-state index contributed by atoms with van der Waals surface area (Å²) in [5.74, 6) is -0.959. The van der Waals surface area contributed by atoms with Gasteiger partial charge in [0.2, 0.25) is 0 Å². The molecule has 0 saturated carbocycles. The number of carboxylic acids is 1. The van der Waals surface area contributed by atoms with Crippen LogP contribution in [0.25, 0.3) is 16.9 Å². The summed E-state index contributed by atoms with van der Waals surface area (Å²) in [5, 5.41) is 9.21. The average Bonchev–Trinajstić information content (AvgIpc) is 2.98. The molecule has 0 spiro atoms. The number of carboxylic acid groups (broad SMARTS) is 1. The van der Waals surface area contributed by atoms with Gasteiger partial charge in [0.05, 0.1) is 23.3 Å². The minimum absolute atomic E-state index is 0.242. The smallest absolute Gasteiger partial charge is 0.337 e. The predicted molar refractivity (Wildman–Crippen MR) is 73.8 cm³/mol. The minimum atomic E-state index is -0.959. The molecular formula is C15H11N3O2. The molecule has 1 aromatic carbocycles. The number of aromatic carboxylic acids is 1. The molecule has 20 heavy (non-hydrogen) atoms. The van der Waals surface area contributed by atoms with Crippen LogP contribution in [0.15, 0.2) is 61.3 Å². The summed E-state index contributed by atoms with van der Waals surface area (Å²) >= 11 is 0. The zero-order valence-corrected chi connectivity index (χ0v) is 10.5. The second-order valence-corrected chi connectivity index (χ2v) is 4.22. The second-order valence-electron chi connectivity index (χ2n) is 4.22. The summed E-state index contributed by atoms with van der Waals surface area (Å²) in [6.07, 6.45) is 6.80. The molecule has 0 fully saturated rings. The van der Waals surface area contributed by atoms with E-state index in [2.05, 4.69) is 9.97 Å². The van der Waals surface area contributed by atoms with Gasteiger partial charge in [-0.2, -0.15) is 0 Å². The van der Waals surface area contributed by atoms with Crippen molar-refractivity contribution in [2.24, 2.45) is 0 Å². The molecule has 0 aliphatic rings. The second kappa shape index (κ2) is 4.97. The summed E-state index contributed by atoms with van der Waals surface area (Å²) < 4.78 is 1.71. The van der Waals surface area contributed by atoms with Gasteiger partial charge >= 0.3 is 5.97 Å². The first-order valence-electron chi connectivity index (χ1n) is 6.03. The van der Waals surface area contributed by atoms with Crippen LogP contribution in [-0.4, -0.2) is 25.6 Å². The minimum Gasteiger partial charge on any atom is -0.478 e. The molecule has 5 heteroatoms. The van der Waals surface area contributed by atoms with E-state index >= 15 is 0 Å². The zero-order valence-electron chi connectivity index (χ0n) is 10.5.